The molecule has 1 N–H and O–H groups in total. The number of piperazine rings is 1. The molecule has 1 aromatic heterocycles. The fourth-order valence-corrected chi connectivity index (χ4v) is 4.91. The zero-order valence-electron chi connectivity index (χ0n) is 17.3. The van der Waals surface area contributed by atoms with E-state index in [2.05, 4.69) is 21.6 Å². The lowest BCUT2D eigenvalue weighted by molar-refractivity contribution is -0.387. The van der Waals surface area contributed by atoms with Crippen LogP contribution in [-0.4, -0.2) is 56.5 Å². The number of nitro benzene ring substituents is 1. The van der Waals surface area contributed by atoms with E-state index in [4.69, 9.17) is 4.98 Å². The average molecular weight is 442 g/mol. The number of fused-ring (bicyclic) bond motifs is 1. The van der Waals surface area contributed by atoms with Gasteiger partial charge in [-0.15, -0.1) is 0 Å². The minimum Gasteiger partial charge on any atom is -0.354 e. The summed E-state index contributed by atoms with van der Waals surface area (Å²) < 4.78 is 28.0. The fourth-order valence-electron chi connectivity index (χ4n) is 3.68. The van der Waals surface area contributed by atoms with Crippen LogP contribution >= 0.6 is 0 Å². The van der Waals surface area contributed by atoms with Gasteiger partial charge in [0.2, 0.25) is 0 Å². The highest BCUT2D eigenvalue weighted by molar-refractivity contribution is 7.92. The van der Waals surface area contributed by atoms with Crippen molar-refractivity contribution >= 4 is 38.1 Å². The Bertz CT molecular complexity index is 1250. The number of aromatic nitrogens is 1. The minimum absolute atomic E-state index is 0.322. The van der Waals surface area contributed by atoms with Gasteiger partial charge < -0.3 is 9.80 Å². The van der Waals surface area contributed by atoms with Gasteiger partial charge in [0.25, 0.3) is 15.7 Å². The number of hydrogen-bond donors (Lipinski definition) is 1. The van der Waals surface area contributed by atoms with Crippen molar-refractivity contribution in [3.8, 4) is 0 Å². The maximum atomic E-state index is 12.8. The quantitative estimate of drug-likeness (QED) is 0.479. The first-order chi connectivity index (χ1) is 14.7. The molecule has 2 heterocycles. The van der Waals surface area contributed by atoms with E-state index in [9.17, 15) is 18.5 Å². The lowest BCUT2D eigenvalue weighted by Gasteiger charge is -2.33. The maximum absolute atomic E-state index is 12.8. The number of hydrogen-bond acceptors (Lipinski definition) is 7. The first-order valence-electron chi connectivity index (χ1n) is 9.86. The maximum Gasteiger partial charge on any atom is 0.289 e. The summed E-state index contributed by atoms with van der Waals surface area (Å²) in [5.41, 5.74) is 1.60. The van der Waals surface area contributed by atoms with Gasteiger partial charge in [0, 0.05) is 43.3 Å². The minimum atomic E-state index is -4.13. The van der Waals surface area contributed by atoms with Gasteiger partial charge in [-0.3, -0.25) is 14.8 Å². The number of rotatable bonds is 5. The molecular formula is C21H23N5O4S. The van der Waals surface area contributed by atoms with Crippen molar-refractivity contribution in [2.75, 3.05) is 42.8 Å². The molecule has 4 rings (SSSR count). The number of anilines is 2. The molecule has 0 aliphatic carbocycles. The van der Waals surface area contributed by atoms with Crippen LogP contribution in [0.4, 0.5) is 17.2 Å². The van der Waals surface area contributed by atoms with Crippen LogP contribution < -0.4 is 9.62 Å². The van der Waals surface area contributed by atoms with Crippen molar-refractivity contribution < 1.29 is 13.3 Å². The van der Waals surface area contributed by atoms with E-state index in [1.807, 2.05) is 13.0 Å². The fraction of sp³-hybridized carbons (Fsp3) is 0.286. The summed E-state index contributed by atoms with van der Waals surface area (Å²) in [5.74, 6) is 0.909. The van der Waals surface area contributed by atoms with Crippen LogP contribution in [0.1, 0.15) is 5.56 Å². The predicted molar refractivity (Wildman–Crippen MR) is 120 cm³/mol. The van der Waals surface area contributed by atoms with E-state index in [0.29, 0.717) is 5.69 Å². The van der Waals surface area contributed by atoms with Gasteiger partial charge in [-0.25, -0.2) is 13.4 Å². The van der Waals surface area contributed by atoms with Crippen LogP contribution in [-0.2, 0) is 10.0 Å². The summed E-state index contributed by atoms with van der Waals surface area (Å²) in [6.07, 6.45) is 0. The monoisotopic (exact) mass is 441 g/mol. The van der Waals surface area contributed by atoms with Crippen LogP contribution in [0.2, 0.25) is 0 Å². The van der Waals surface area contributed by atoms with Crippen molar-refractivity contribution in [1.29, 1.82) is 0 Å². The summed E-state index contributed by atoms with van der Waals surface area (Å²) >= 11 is 0. The lowest BCUT2D eigenvalue weighted by Crippen LogP contribution is -2.44. The van der Waals surface area contributed by atoms with Crippen molar-refractivity contribution in [3.63, 3.8) is 0 Å². The van der Waals surface area contributed by atoms with E-state index >= 15 is 0 Å². The summed E-state index contributed by atoms with van der Waals surface area (Å²) in [4.78, 5) is 19.4. The molecule has 2 aromatic carbocycles. The summed E-state index contributed by atoms with van der Waals surface area (Å²) in [5, 5.41) is 12.0. The molecule has 1 saturated heterocycles. The molecule has 1 aliphatic rings. The van der Waals surface area contributed by atoms with Gasteiger partial charge in [0.1, 0.15) is 5.82 Å². The molecule has 0 atom stereocenters. The molecule has 1 aliphatic heterocycles. The van der Waals surface area contributed by atoms with Crippen LogP contribution in [0.15, 0.2) is 53.4 Å². The Morgan fingerprint density at radius 1 is 1.06 bits per heavy atom. The molecule has 10 heteroatoms. The molecular weight excluding hydrogens is 418 g/mol. The Morgan fingerprint density at radius 3 is 2.48 bits per heavy atom. The van der Waals surface area contributed by atoms with Gasteiger partial charge in [0.15, 0.2) is 4.90 Å². The molecule has 0 saturated carbocycles. The lowest BCUT2D eigenvalue weighted by atomic mass is 10.1. The highest BCUT2D eigenvalue weighted by Gasteiger charge is 2.25. The van der Waals surface area contributed by atoms with E-state index in [1.165, 1.54) is 24.3 Å². The van der Waals surface area contributed by atoms with Crippen molar-refractivity contribution in [3.05, 3.63) is 64.2 Å². The third kappa shape index (κ3) is 4.30. The molecule has 0 spiro atoms. The largest absolute Gasteiger partial charge is 0.354 e. The first kappa shape index (κ1) is 21.0. The van der Waals surface area contributed by atoms with Crippen LogP contribution in [0.5, 0.6) is 0 Å². The highest BCUT2D eigenvalue weighted by Crippen LogP contribution is 2.29. The number of para-hydroxylation sites is 1. The van der Waals surface area contributed by atoms with Crippen molar-refractivity contribution in [2.24, 2.45) is 0 Å². The number of sulfonamides is 1. The van der Waals surface area contributed by atoms with Crippen LogP contribution in [0, 0.1) is 17.0 Å². The number of nitrogens with zero attached hydrogens (tertiary/aromatic N) is 4. The Labute approximate surface area is 180 Å². The number of nitrogens with one attached hydrogen (secondary N) is 1. The molecule has 9 nitrogen and oxygen atoms in total. The second kappa shape index (κ2) is 8.12. The zero-order valence-corrected chi connectivity index (χ0v) is 18.1. The molecule has 0 amide bonds. The molecule has 0 bridgehead atoms. The van der Waals surface area contributed by atoms with Gasteiger partial charge in [-0.2, -0.15) is 0 Å². The molecule has 3 aromatic rings. The summed E-state index contributed by atoms with van der Waals surface area (Å²) in [6.45, 7) is 5.73. The SMILES string of the molecule is Cc1cc(N2CCN(C)CC2)nc2ccc(NS(=O)(=O)c3ccccc3[N+](=O)[O-])cc12. The summed E-state index contributed by atoms with van der Waals surface area (Å²) in [7, 11) is -2.03. The number of benzene rings is 2. The number of aryl methyl sites for hydroxylation is 1. The van der Waals surface area contributed by atoms with E-state index < -0.39 is 20.6 Å². The summed E-state index contributed by atoms with van der Waals surface area (Å²) in [6, 6.07) is 12.4. The van der Waals surface area contributed by atoms with Gasteiger partial charge >= 0.3 is 0 Å². The van der Waals surface area contributed by atoms with Gasteiger partial charge in [0.05, 0.1) is 10.4 Å². The Morgan fingerprint density at radius 2 is 1.77 bits per heavy atom. The topological polar surface area (TPSA) is 109 Å². The van der Waals surface area contributed by atoms with Gasteiger partial charge in [-0.05, 0) is 49.9 Å². The molecule has 0 radical (unpaired) electrons. The normalized spacial score (nSPS) is 15.2. The third-order valence-corrected chi connectivity index (χ3v) is 6.86. The van der Waals surface area contributed by atoms with E-state index in [0.717, 1.165) is 48.5 Å². The molecule has 31 heavy (non-hydrogen) atoms. The molecule has 0 unspecified atom stereocenters. The smallest absolute Gasteiger partial charge is 0.289 e. The second-order valence-electron chi connectivity index (χ2n) is 7.65. The highest BCUT2D eigenvalue weighted by atomic mass is 32.2. The van der Waals surface area contributed by atoms with Crippen LogP contribution in [0.25, 0.3) is 10.9 Å². The number of nitro groups is 1. The Hall–Kier alpha value is -3.24. The van der Waals surface area contributed by atoms with E-state index in [1.54, 1.807) is 18.2 Å². The standard InChI is InChI=1S/C21H23N5O4S/c1-15-13-21(25-11-9-24(2)10-12-25)22-18-8-7-16(14-17(15)18)23-31(29,30)20-6-4-3-5-19(20)26(27)28/h3-8,13-14,23H,9-12H2,1-2H3. The van der Waals surface area contributed by atoms with E-state index in [-0.39, 0.29) is 4.90 Å². The molecule has 1 fully saturated rings. The average Bonchev–Trinajstić information content (AvgIpc) is 2.74. The third-order valence-electron chi connectivity index (χ3n) is 5.43. The van der Waals surface area contributed by atoms with Crippen molar-refractivity contribution in [1.82, 2.24) is 9.88 Å². The second-order valence-corrected chi connectivity index (χ2v) is 9.30. The zero-order chi connectivity index (χ0) is 22.2. The Balaban J connectivity index is 1.65. The molecule has 162 valence electrons. The van der Waals surface area contributed by atoms with Crippen molar-refractivity contribution in [2.45, 2.75) is 11.8 Å². The van der Waals surface area contributed by atoms with Gasteiger partial charge in [-0.1, -0.05) is 12.1 Å². The number of pyridine rings is 1. The first-order valence-corrected chi connectivity index (χ1v) is 11.3. The Kier molecular flexibility index (Phi) is 5.50. The van der Waals surface area contributed by atoms with Crippen LogP contribution in [0.3, 0.4) is 0 Å². The number of likely N-dealkylation sites (N-methyl/N-ethyl adjacent to an activating group) is 1. The predicted octanol–water partition coefficient (Wildman–Crippen LogP) is 3.00.